The van der Waals surface area contributed by atoms with Gasteiger partial charge in [0.05, 0.1) is 0 Å². The van der Waals surface area contributed by atoms with Gasteiger partial charge in [-0.2, -0.15) is 0 Å². The third kappa shape index (κ3) is 1.52. The van der Waals surface area contributed by atoms with Gasteiger partial charge in [0, 0.05) is 5.41 Å². The van der Waals surface area contributed by atoms with Crippen molar-refractivity contribution in [3.63, 3.8) is 0 Å². The minimum Gasteiger partial charge on any atom is -0.427 e. The number of rotatable bonds is 1. The lowest BCUT2D eigenvalue weighted by atomic mass is 9.73. The van der Waals surface area contributed by atoms with E-state index in [1.165, 1.54) is 0 Å². The molecule has 2 unspecified atom stereocenters. The van der Waals surface area contributed by atoms with Crippen molar-refractivity contribution < 1.29 is 14.3 Å². The second kappa shape index (κ2) is 2.89. The van der Waals surface area contributed by atoms with Crippen LogP contribution < -0.4 is 0 Å². The summed E-state index contributed by atoms with van der Waals surface area (Å²) in [6, 6.07) is 0. The monoisotopic (exact) mass is 186 g/mol. The van der Waals surface area contributed by atoms with Gasteiger partial charge in [-0.15, -0.1) is 0 Å². The van der Waals surface area contributed by atoms with Crippen molar-refractivity contribution in [2.24, 2.45) is 5.41 Å². The largest absolute Gasteiger partial charge is 0.509 e. The number of ether oxygens (including phenoxy) is 2. The first-order valence-electron chi connectivity index (χ1n) is 4.71. The van der Waals surface area contributed by atoms with Gasteiger partial charge in [-0.1, -0.05) is 27.7 Å². The van der Waals surface area contributed by atoms with Gasteiger partial charge in [0.15, 0.2) is 5.60 Å². The van der Waals surface area contributed by atoms with Crippen LogP contribution in [0.25, 0.3) is 0 Å². The topological polar surface area (TPSA) is 35.5 Å². The van der Waals surface area contributed by atoms with Gasteiger partial charge < -0.3 is 9.47 Å². The molecule has 1 aliphatic heterocycles. The zero-order valence-electron chi connectivity index (χ0n) is 9.01. The van der Waals surface area contributed by atoms with Gasteiger partial charge in [0.2, 0.25) is 0 Å². The molecule has 0 N–H and O–H groups in total. The van der Waals surface area contributed by atoms with E-state index >= 15 is 0 Å². The summed E-state index contributed by atoms with van der Waals surface area (Å²) in [6.45, 7) is 10.1. The summed E-state index contributed by atoms with van der Waals surface area (Å²) in [5, 5.41) is 0. The van der Waals surface area contributed by atoms with Crippen LogP contribution in [0.2, 0.25) is 0 Å². The standard InChI is InChI=1S/C10H18O3/c1-6-7-10(5,9(2,3)4)13-8(11)12-7/h7H,6H2,1-5H3. The second-order valence-electron chi connectivity index (χ2n) is 4.72. The molecule has 2 atom stereocenters. The molecule has 1 aliphatic rings. The molecule has 0 aromatic heterocycles. The van der Waals surface area contributed by atoms with E-state index in [-0.39, 0.29) is 11.5 Å². The normalized spacial score (nSPS) is 34.2. The van der Waals surface area contributed by atoms with E-state index < -0.39 is 11.8 Å². The summed E-state index contributed by atoms with van der Waals surface area (Å²) >= 11 is 0. The van der Waals surface area contributed by atoms with Crippen LogP contribution in [0.15, 0.2) is 0 Å². The lowest BCUT2D eigenvalue weighted by molar-refractivity contribution is -0.0479. The van der Waals surface area contributed by atoms with Gasteiger partial charge in [-0.3, -0.25) is 0 Å². The third-order valence-corrected chi connectivity index (χ3v) is 3.01. The molecular formula is C10H18O3. The predicted octanol–water partition coefficient (Wildman–Crippen LogP) is 2.74. The van der Waals surface area contributed by atoms with Crippen molar-refractivity contribution in [3.05, 3.63) is 0 Å². The molecule has 0 aliphatic carbocycles. The molecule has 0 spiro atoms. The minimum atomic E-state index is -0.538. The fourth-order valence-corrected chi connectivity index (χ4v) is 1.60. The van der Waals surface area contributed by atoms with Crippen molar-refractivity contribution in [2.45, 2.75) is 52.7 Å². The molecule has 1 rings (SSSR count). The summed E-state index contributed by atoms with van der Waals surface area (Å²) in [7, 11) is 0. The molecule has 1 saturated heterocycles. The Kier molecular flexibility index (Phi) is 2.30. The fraction of sp³-hybridized carbons (Fsp3) is 0.900. The number of carbonyl (C=O) groups is 1. The molecule has 0 amide bonds. The van der Waals surface area contributed by atoms with Gasteiger partial charge >= 0.3 is 6.16 Å². The summed E-state index contributed by atoms with van der Waals surface area (Å²) in [5.41, 5.74) is -0.599. The number of hydrogen-bond acceptors (Lipinski definition) is 3. The SMILES string of the molecule is CCC1OC(=O)OC1(C)C(C)(C)C. The van der Waals surface area contributed by atoms with E-state index in [4.69, 9.17) is 9.47 Å². The predicted molar refractivity (Wildman–Crippen MR) is 49.5 cm³/mol. The molecule has 13 heavy (non-hydrogen) atoms. The Hall–Kier alpha value is -0.730. The first-order valence-corrected chi connectivity index (χ1v) is 4.71. The molecular weight excluding hydrogens is 168 g/mol. The van der Waals surface area contributed by atoms with Crippen molar-refractivity contribution in [1.29, 1.82) is 0 Å². The van der Waals surface area contributed by atoms with Crippen LogP contribution in [0.1, 0.15) is 41.0 Å². The molecule has 0 aromatic rings. The number of hydrogen-bond donors (Lipinski definition) is 0. The van der Waals surface area contributed by atoms with Crippen LogP contribution in [-0.2, 0) is 9.47 Å². The average Bonchev–Trinajstić information content (AvgIpc) is 2.25. The summed E-state index contributed by atoms with van der Waals surface area (Å²) in [6.07, 6.45) is 0.128. The highest BCUT2D eigenvalue weighted by Crippen LogP contribution is 2.42. The maximum Gasteiger partial charge on any atom is 0.509 e. The van der Waals surface area contributed by atoms with E-state index in [0.29, 0.717) is 0 Å². The number of cyclic esters (lactones) is 2. The maximum absolute atomic E-state index is 11.0. The molecule has 3 nitrogen and oxygen atoms in total. The molecule has 76 valence electrons. The quantitative estimate of drug-likeness (QED) is 0.591. The van der Waals surface area contributed by atoms with Gasteiger partial charge in [-0.05, 0) is 13.3 Å². The lowest BCUT2D eigenvalue weighted by Gasteiger charge is -2.38. The van der Waals surface area contributed by atoms with E-state index in [2.05, 4.69) is 20.8 Å². The Morgan fingerprint density at radius 2 is 2.00 bits per heavy atom. The molecule has 1 fully saturated rings. The summed E-state index contributed by atoms with van der Waals surface area (Å²) in [4.78, 5) is 11.0. The van der Waals surface area contributed by atoms with Gasteiger partial charge in [-0.25, -0.2) is 4.79 Å². The van der Waals surface area contributed by atoms with E-state index in [9.17, 15) is 4.79 Å². The van der Waals surface area contributed by atoms with Crippen LogP contribution in [0.5, 0.6) is 0 Å². The fourth-order valence-electron chi connectivity index (χ4n) is 1.60. The number of carbonyl (C=O) groups excluding carboxylic acids is 1. The molecule has 0 radical (unpaired) electrons. The first-order chi connectivity index (χ1) is 5.81. The maximum atomic E-state index is 11.0. The van der Waals surface area contributed by atoms with Crippen LogP contribution in [0.3, 0.4) is 0 Å². The van der Waals surface area contributed by atoms with Crippen molar-refractivity contribution in [1.82, 2.24) is 0 Å². The molecule has 1 heterocycles. The smallest absolute Gasteiger partial charge is 0.427 e. The third-order valence-electron chi connectivity index (χ3n) is 3.01. The molecule has 0 saturated carbocycles. The minimum absolute atomic E-state index is 0.0974. The first kappa shape index (κ1) is 10.4. The molecule has 0 bridgehead atoms. The average molecular weight is 186 g/mol. The molecule has 0 aromatic carbocycles. The Labute approximate surface area is 79.4 Å². The molecule has 3 heteroatoms. The van der Waals surface area contributed by atoms with E-state index in [1.54, 1.807) is 0 Å². The Bertz CT molecular complexity index is 217. The van der Waals surface area contributed by atoms with E-state index in [0.717, 1.165) is 6.42 Å². The highest BCUT2D eigenvalue weighted by atomic mass is 16.8. The van der Waals surface area contributed by atoms with Gasteiger partial charge in [0.1, 0.15) is 6.10 Å². The van der Waals surface area contributed by atoms with Gasteiger partial charge in [0.25, 0.3) is 0 Å². The summed E-state index contributed by atoms with van der Waals surface area (Å²) in [5.74, 6) is 0. The van der Waals surface area contributed by atoms with Crippen molar-refractivity contribution in [2.75, 3.05) is 0 Å². The van der Waals surface area contributed by atoms with E-state index in [1.807, 2.05) is 13.8 Å². The van der Waals surface area contributed by atoms with Crippen LogP contribution in [0.4, 0.5) is 4.79 Å². The zero-order chi connectivity index (χ0) is 10.3. The van der Waals surface area contributed by atoms with Crippen LogP contribution >= 0.6 is 0 Å². The Morgan fingerprint density at radius 3 is 2.31 bits per heavy atom. The lowest BCUT2D eigenvalue weighted by Crippen LogP contribution is -2.47. The Morgan fingerprint density at radius 1 is 1.46 bits per heavy atom. The van der Waals surface area contributed by atoms with Crippen LogP contribution in [-0.4, -0.2) is 17.9 Å². The second-order valence-corrected chi connectivity index (χ2v) is 4.72. The highest BCUT2D eigenvalue weighted by Gasteiger charge is 2.54. The highest BCUT2D eigenvalue weighted by molar-refractivity contribution is 5.63. The van der Waals surface area contributed by atoms with Crippen molar-refractivity contribution in [3.8, 4) is 0 Å². The summed E-state index contributed by atoms with van der Waals surface area (Å²) < 4.78 is 10.3. The van der Waals surface area contributed by atoms with Crippen LogP contribution in [0, 0.1) is 5.41 Å². The Balaban J connectivity index is 2.94. The van der Waals surface area contributed by atoms with Crippen molar-refractivity contribution >= 4 is 6.16 Å². The zero-order valence-corrected chi connectivity index (χ0v) is 9.01.